The maximum atomic E-state index is 10.8. The molecule has 2 rings (SSSR count). The predicted molar refractivity (Wildman–Crippen MR) is 86.2 cm³/mol. The lowest BCUT2D eigenvalue weighted by Gasteiger charge is -2.02. The Bertz CT molecular complexity index is 750. The molecule has 0 amide bonds. The summed E-state index contributed by atoms with van der Waals surface area (Å²) in [5.41, 5.74) is 0.221. The Labute approximate surface area is 138 Å². The number of hydrogen-bond donors (Lipinski definition) is 1. The van der Waals surface area contributed by atoms with Crippen molar-refractivity contribution >= 4 is 56.7 Å². The molecule has 0 spiro atoms. The van der Waals surface area contributed by atoms with Crippen LogP contribution in [0.2, 0.25) is 10.0 Å². The van der Waals surface area contributed by atoms with Gasteiger partial charge in [0.25, 0.3) is 0 Å². The second-order valence-corrected chi connectivity index (χ2v) is 5.73. The van der Waals surface area contributed by atoms with Gasteiger partial charge in [0, 0.05) is 27.3 Å². The smallest absolute Gasteiger partial charge is 0.312 e. The summed E-state index contributed by atoms with van der Waals surface area (Å²) in [6.07, 6.45) is 1.29. The predicted octanol–water partition coefficient (Wildman–Crippen LogP) is 5.12. The summed E-state index contributed by atoms with van der Waals surface area (Å²) in [6, 6.07) is 7.46. The summed E-state index contributed by atoms with van der Waals surface area (Å²) in [7, 11) is 0. The molecular formula is C13H7BrCl2N2O3. The van der Waals surface area contributed by atoms with E-state index in [0.29, 0.717) is 20.2 Å². The number of rotatable bonds is 3. The van der Waals surface area contributed by atoms with Crippen molar-refractivity contribution in [1.82, 2.24) is 0 Å². The Morgan fingerprint density at radius 2 is 2.00 bits per heavy atom. The molecule has 0 unspecified atom stereocenters. The average molecular weight is 390 g/mol. The van der Waals surface area contributed by atoms with Crippen molar-refractivity contribution < 1.29 is 10.0 Å². The van der Waals surface area contributed by atoms with Crippen LogP contribution < -0.4 is 0 Å². The van der Waals surface area contributed by atoms with Crippen LogP contribution in [0.1, 0.15) is 5.56 Å². The lowest BCUT2D eigenvalue weighted by atomic mass is 10.2. The molecule has 2 aromatic carbocycles. The van der Waals surface area contributed by atoms with Crippen LogP contribution in [0.5, 0.6) is 5.75 Å². The molecule has 0 aliphatic rings. The number of phenolic OH excluding ortho intramolecular Hbond substituents is 1. The van der Waals surface area contributed by atoms with Crippen molar-refractivity contribution in [3.05, 3.63) is 60.5 Å². The molecule has 0 aromatic heterocycles. The quantitative estimate of drug-likeness (QED) is 0.449. The van der Waals surface area contributed by atoms with Crippen molar-refractivity contribution in [3.8, 4) is 5.75 Å². The highest BCUT2D eigenvalue weighted by Crippen LogP contribution is 2.33. The maximum Gasteiger partial charge on any atom is 0.312 e. The van der Waals surface area contributed by atoms with E-state index in [1.165, 1.54) is 24.4 Å². The summed E-state index contributed by atoms with van der Waals surface area (Å²) in [4.78, 5) is 14.3. The van der Waals surface area contributed by atoms with Gasteiger partial charge in [0.15, 0.2) is 0 Å². The maximum absolute atomic E-state index is 10.8. The van der Waals surface area contributed by atoms with E-state index in [1.54, 1.807) is 12.1 Å². The van der Waals surface area contributed by atoms with E-state index in [0.717, 1.165) is 0 Å². The highest BCUT2D eigenvalue weighted by Gasteiger charge is 2.17. The van der Waals surface area contributed by atoms with E-state index in [2.05, 4.69) is 20.9 Å². The molecule has 0 aliphatic carbocycles. The number of benzene rings is 2. The minimum atomic E-state index is -0.674. The second-order valence-electron chi connectivity index (χ2n) is 3.97. The largest absolute Gasteiger partial charge is 0.502 e. The van der Waals surface area contributed by atoms with Gasteiger partial charge in [-0.2, -0.15) is 0 Å². The van der Waals surface area contributed by atoms with Crippen molar-refractivity contribution in [2.45, 2.75) is 0 Å². The molecular weight excluding hydrogens is 383 g/mol. The van der Waals surface area contributed by atoms with Gasteiger partial charge in [-0.05, 0) is 24.3 Å². The Morgan fingerprint density at radius 3 is 2.62 bits per heavy atom. The summed E-state index contributed by atoms with van der Waals surface area (Å²) in [5, 5.41) is 21.5. The molecule has 5 nitrogen and oxygen atoms in total. The van der Waals surface area contributed by atoms with Crippen LogP contribution in [0, 0.1) is 10.1 Å². The third-order valence-electron chi connectivity index (χ3n) is 2.53. The fourth-order valence-electron chi connectivity index (χ4n) is 1.57. The highest BCUT2D eigenvalue weighted by atomic mass is 79.9. The zero-order valence-electron chi connectivity index (χ0n) is 10.3. The molecule has 0 radical (unpaired) electrons. The van der Waals surface area contributed by atoms with Crippen molar-refractivity contribution in [1.29, 1.82) is 0 Å². The molecule has 0 saturated heterocycles. The van der Waals surface area contributed by atoms with Crippen LogP contribution in [0.4, 0.5) is 11.4 Å². The number of halogens is 3. The standard InChI is InChI=1S/C13H7BrCl2N2O3/c14-8-3-7(13(19)12(4-8)18(20)21)6-17-11-2-1-9(15)5-10(11)16/h1-6,19H/b17-6+. The zero-order chi connectivity index (χ0) is 15.6. The van der Waals surface area contributed by atoms with Gasteiger partial charge in [0.1, 0.15) is 0 Å². The minimum Gasteiger partial charge on any atom is -0.502 e. The van der Waals surface area contributed by atoms with Gasteiger partial charge in [-0.15, -0.1) is 0 Å². The zero-order valence-corrected chi connectivity index (χ0v) is 13.4. The van der Waals surface area contributed by atoms with Gasteiger partial charge in [-0.3, -0.25) is 15.1 Å². The minimum absolute atomic E-state index is 0.196. The molecule has 2 aromatic rings. The first-order chi connectivity index (χ1) is 9.88. The average Bonchev–Trinajstić information content (AvgIpc) is 2.40. The van der Waals surface area contributed by atoms with E-state index in [9.17, 15) is 15.2 Å². The second kappa shape index (κ2) is 6.43. The number of nitro groups is 1. The Hall–Kier alpha value is -1.63. The van der Waals surface area contributed by atoms with Gasteiger partial charge in [0.05, 0.1) is 15.6 Å². The van der Waals surface area contributed by atoms with Gasteiger partial charge in [-0.25, -0.2) is 0 Å². The van der Waals surface area contributed by atoms with Gasteiger partial charge in [-0.1, -0.05) is 39.1 Å². The van der Waals surface area contributed by atoms with Gasteiger partial charge >= 0.3 is 5.69 Å². The van der Waals surface area contributed by atoms with Crippen LogP contribution in [0.15, 0.2) is 39.8 Å². The fraction of sp³-hybridized carbons (Fsp3) is 0. The summed E-state index contributed by atoms with van der Waals surface area (Å²) in [5.74, 6) is -0.461. The first-order valence-electron chi connectivity index (χ1n) is 5.54. The number of aromatic hydroxyl groups is 1. The number of aliphatic imine (C=N–C) groups is 1. The SMILES string of the molecule is O=[N+]([O-])c1cc(Br)cc(/C=N/c2ccc(Cl)cc2Cl)c1O. The summed E-state index contributed by atoms with van der Waals surface area (Å²) >= 11 is 14.9. The molecule has 0 aliphatic heterocycles. The first kappa shape index (κ1) is 15.8. The highest BCUT2D eigenvalue weighted by molar-refractivity contribution is 9.10. The Balaban J connectivity index is 2.43. The van der Waals surface area contributed by atoms with Crippen molar-refractivity contribution in [2.75, 3.05) is 0 Å². The van der Waals surface area contributed by atoms with Crippen molar-refractivity contribution in [2.24, 2.45) is 4.99 Å². The van der Waals surface area contributed by atoms with Crippen molar-refractivity contribution in [3.63, 3.8) is 0 Å². The first-order valence-corrected chi connectivity index (χ1v) is 7.09. The summed E-state index contributed by atoms with van der Waals surface area (Å²) in [6.45, 7) is 0. The van der Waals surface area contributed by atoms with Crippen LogP contribution in [0.25, 0.3) is 0 Å². The monoisotopic (exact) mass is 388 g/mol. The number of nitro benzene ring substituents is 1. The molecule has 21 heavy (non-hydrogen) atoms. The Morgan fingerprint density at radius 1 is 1.29 bits per heavy atom. The van der Waals surface area contributed by atoms with E-state index in [-0.39, 0.29) is 5.56 Å². The van der Waals surface area contributed by atoms with Gasteiger partial charge < -0.3 is 5.11 Å². The third kappa shape index (κ3) is 3.72. The molecule has 8 heteroatoms. The van der Waals surface area contributed by atoms with Crippen LogP contribution in [-0.4, -0.2) is 16.2 Å². The molecule has 0 fully saturated rings. The van der Waals surface area contributed by atoms with Crippen LogP contribution >= 0.6 is 39.1 Å². The van der Waals surface area contributed by atoms with E-state index < -0.39 is 16.4 Å². The number of hydrogen-bond acceptors (Lipinski definition) is 4. The fourth-order valence-corrected chi connectivity index (χ4v) is 2.49. The lowest BCUT2D eigenvalue weighted by molar-refractivity contribution is -0.385. The summed E-state index contributed by atoms with van der Waals surface area (Å²) < 4.78 is 0.454. The van der Waals surface area contributed by atoms with Crippen LogP contribution in [0.3, 0.4) is 0 Å². The number of phenols is 1. The van der Waals surface area contributed by atoms with Gasteiger partial charge in [0.2, 0.25) is 5.75 Å². The van der Waals surface area contributed by atoms with E-state index in [1.807, 2.05) is 0 Å². The lowest BCUT2D eigenvalue weighted by Crippen LogP contribution is -1.92. The topological polar surface area (TPSA) is 75.7 Å². The van der Waals surface area contributed by atoms with E-state index >= 15 is 0 Å². The molecule has 0 atom stereocenters. The number of nitrogens with zero attached hydrogens (tertiary/aromatic N) is 2. The molecule has 0 bridgehead atoms. The Kier molecular flexibility index (Phi) is 4.82. The van der Waals surface area contributed by atoms with Crippen LogP contribution in [-0.2, 0) is 0 Å². The van der Waals surface area contributed by atoms with E-state index in [4.69, 9.17) is 23.2 Å². The molecule has 0 saturated carbocycles. The normalized spacial score (nSPS) is 11.0. The third-order valence-corrected chi connectivity index (χ3v) is 3.53. The molecule has 108 valence electrons. The molecule has 1 N–H and O–H groups in total. The molecule has 0 heterocycles.